The van der Waals surface area contributed by atoms with E-state index >= 15 is 0 Å². The quantitative estimate of drug-likeness (QED) is 0.822. The Hall–Kier alpha value is -0.610. The second-order valence-electron chi connectivity index (χ2n) is 6.12. The van der Waals surface area contributed by atoms with Crippen LogP contribution >= 0.6 is 0 Å². The van der Waals surface area contributed by atoms with Crippen molar-refractivity contribution >= 4 is 5.97 Å². The van der Waals surface area contributed by atoms with Crippen LogP contribution in [0, 0.1) is 0 Å². The molecule has 0 aromatic carbocycles. The van der Waals surface area contributed by atoms with E-state index in [2.05, 4.69) is 4.90 Å². The maximum Gasteiger partial charge on any atom is 0.323 e. The average Bonchev–Trinajstić information content (AvgIpc) is 2.57. The third-order valence-corrected chi connectivity index (χ3v) is 4.09. The molecule has 0 aliphatic carbocycles. The van der Waals surface area contributed by atoms with Gasteiger partial charge in [0, 0.05) is 13.5 Å². The molecule has 1 saturated heterocycles. The van der Waals surface area contributed by atoms with E-state index in [0.717, 1.165) is 25.9 Å². The SMILES string of the molecule is COC(C)(C)CC(C)(C(=O)O)N1CCCCCC1. The molecule has 4 nitrogen and oxygen atoms in total. The first-order valence-electron chi connectivity index (χ1n) is 6.85. The molecule has 0 aromatic heterocycles. The predicted octanol–water partition coefficient (Wildman–Crippen LogP) is 2.52. The summed E-state index contributed by atoms with van der Waals surface area (Å²) in [5, 5.41) is 9.64. The highest BCUT2D eigenvalue weighted by atomic mass is 16.5. The molecule has 0 bridgehead atoms. The summed E-state index contributed by atoms with van der Waals surface area (Å²) in [5.41, 5.74) is -1.25. The first kappa shape index (κ1) is 15.4. The van der Waals surface area contributed by atoms with E-state index in [-0.39, 0.29) is 0 Å². The zero-order valence-electron chi connectivity index (χ0n) is 12.2. The molecule has 4 heteroatoms. The molecule has 1 atom stereocenters. The first-order chi connectivity index (χ1) is 8.32. The third kappa shape index (κ3) is 3.69. The largest absolute Gasteiger partial charge is 0.480 e. The van der Waals surface area contributed by atoms with Gasteiger partial charge in [-0.15, -0.1) is 0 Å². The smallest absolute Gasteiger partial charge is 0.323 e. The van der Waals surface area contributed by atoms with Gasteiger partial charge >= 0.3 is 5.97 Å². The standard InChI is InChI=1S/C14H27NO3/c1-13(2,18-4)11-14(3,12(16)17)15-9-7-5-6-8-10-15/h5-11H2,1-4H3,(H,16,17). The number of ether oxygens (including phenoxy) is 1. The van der Waals surface area contributed by atoms with E-state index < -0.39 is 17.1 Å². The Kier molecular flexibility index (Phi) is 5.17. The molecule has 1 rings (SSSR count). The monoisotopic (exact) mass is 257 g/mol. The summed E-state index contributed by atoms with van der Waals surface area (Å²) in [6.07, 6.45) is 5.11. The number of carboxylic acid groups (broad SMARTS) is 1. The number of hydrogen-bond donors (Lipinski definition) is 1. The van der Waals surface area contributed by atoms with Crippen molar-refractivity contribution in [1.82, 2.24) is 4.90 Å². The molecular formula is C14H27NO3. The third-order valence-electron chi connectivity index (χ3n) is 4.09. The summed E-state index contributed by atoms with van der Waals surface area (Å²) in [7, 11) is 1.64. The second kappa shape index (κ2) is 6.02. The molecule has 1 aliphatic rings. The number of methoxy groups -OCH3 is 1. The Bertz CT molecular complexity index is 283. The molecule has 0 amide bonds. The van der Waals surface area contributed by atoms with E-state index in [1.807, 2.05) is 20.8 Å². The van der Waals surface area contributed by atoms with Crippen molar-refractivity contribution in [2.24, 2.45) is 0 Å². The normalized spacial score (nSPS) is 22.2. The fourth-order valence-corrected chi connectivity index (χ4v) is 2.79. The van der Waals surface area contributed by atoms with Crippen LogP contribution in [-0.2, 0) is 9.53 Å². The van der Waals surface area contributed by atoms with E-state index in [4.69, 9.17) is 4.74 Å². The van der Waals surface area contributed by atoms with Gasteiger partial charge in [-0.2, -0.15) is 0 Å². The lowest BCUT2D eigenvalue weighted by Crippen LogP contribution is -2.56. The minimum absolute atomic E-state index is 0.417. The van der Waals surface area contributed by atoms with Crippen molar-refractivity contribution in [3.63, 3.8) is 0 Å². The molecule has 1 aliphatic heterocycles. The van der Waals surface area contributed by atoms with E-state index in [9.17, 15) is 9.90 Å². The molecule has 1 N–H and O–H groups in total. The van der Waals surface area contributed by atoms with Crippen LogP contribution in [0.5, 0.6) is 0 Å². The summed E-state index contributed by atoms with van der Waals surface area (Å²) in [6, 6.07) is 0. The zero-order valence-corrected chi connectivity index (χ0v) is 12.2. The molecule has 1 heterocycles. The molecule has 0 spiro atoms. The molecule has 0 saturated carbocycles. The predicted molar refractivity (Wildman–Crippen MR) is 71.8 cm³/mol. The van der Waals surface area contributed by atoms with Crippen LogP contribution in [0.2, 0.25) is 0 Å². The lowest BCUT2D eigenvalue weighted by Gasteiger charge is -2.41. The maximum absolute atomic E-state index is 11.7. The number of aliphatic carboxylic acids is 1. The lowest BCUT2D eigenvalue weighted by molar-refractivity contribution is -0.155. The van der Waals surface area contributed by atoms with Crippen LogP contribution in [0.4, 0.5) is 0 Å². The number of rotatable bonds is 5. The van der Waals surface area contributed by atoms with Gasteiger partial charge in [-0.1, -0.05) is 12.8 Å². The van der Waals surface area contributed by atoms with Gasteiger partial charge in [-0.05, 0) is 46.7 Å². The minimum atomic E-state index is -0.830. The number of likely N-dealkylation sites (tertiary alicyclic amines) is 1. The lowest BCUT2D eigenvalue weighted by atomic mass is 9.86. The van der Waals surface area contributed by atoms with Gasteiger partial charge in [0.15, 0.2) is 0 Å². The van der Waals surface area contributed by atoms with Crippen LogP contribution in [-0.4, -0.2) is 47.3 Å². The van der Waals surface area contributed by atoms with Gasteiger partial charge in [-0.3, -0.25) is 9.69 Å². The summed E-state index contributed by atoms with van der Waals surface area (Å²) in [4.78, 5) is 13.9. The van der Waals surface area contributed by atoms with Gasteiger partial charge < -0.3 is 9.84 Å². The van der Waals surface area contributed by atoms with Crippen molar-refractivity contribution in [2.45, 2.75) is 64.0 Å². The Morgan fingerprint density at radius 3 is 2.06 bits per heavy atom. The van der Waals surface area contributed by atoms with Crippen molar-refractivity contribution < 1.29 is 14.6 Å². The molecule has 0 radical (unpaired) electrons. The van der Waals surface area contributed by atoms with Crippen LogP contribution in [0.3, 0.4) is 0 Å². The summed E-state index contributed by atoms with van der Waals surface area (Å²) < 4.78 is 5.42. The van der Waals surface area contributed by atoms with Crippen molar-refractivity contribution in [3.8, 4) is 0 Å². The van der Waals surface area contributed by atoms with Gasteiger partial charge in [0.1, 0.15) is 5.54 Å². The summed E-state index contributed by atoms with van der Waals surface area (Å²) in [5.74, 6) is -0.741. The highest BCUT2D eigenvalue weighted by Gasteiger charge is 2.43. The van der Waals surface area contributed by atoms with Gasteiger partial charge in [0.05, 0.1) is 5.60 Å². The molecule has 18 heavy (non-hydrogen) atoms. The van der Waals surface area contributed by atoms with Gasteiger partial charge in [0.25, 0.3) is 0 Å². The van der Waals surface area contributed by atoms with Crippen molar-refractivity contribution in [1.29, 1.82) is 0 Å². The highest BCUT2D eigenvalue weighted by Crippen LogP contribution is 2.30. The second-order valence-corrected chi connectivity index (χ2v) is 6.12. The topological polar surface area (TPSA) is 49.8 Å². The zero-order chi connectivity index (χ0) is 13.8. The van der Waals surface area contributed by atoms with Gasteiger partial charge in [-0.25, -0.2) is 0 Å². The Labute approximate surface area is 110 Å². The highest BCUT2D eigenvalue weighted by molar-refractivity contribution is 5.78. The van der Waals surface area contributed by atoms with Crippen LogP contribution in [0.1, 0.15) is 52.9 Å². The minimum Gasteiger partial charge on any atom is -0.480 e. The number of hydrogen-bond acceptors (Lipinski definition) is 3. The molecule has 1 fully saturated rings. The summed E-state index contributed by atoms with van der Waals surface area (Å²) in [6.45, 7) is 7.49. The number of nitrogens with zero attached hydrogens (tertiary/aromatic N) is 1. The average molecular weight is 257 g/mol. The van der Waals surface area contributed by atoms with Gasteiger partial charge in [0.2, 0.25) is 0 Å². The first-order valence-corrected chi connectivity index (χ1v) is 6.85. The van der Waals surface area contributed by atoms with Crippen molar-refractivity contribution in [2.75, 3.05) is 20.2 Å². The Morgan fingerprint density at radius 2 is 1.67 bits per heavy atom. The van der Waals surface area contributed by atoms with E-state index in [1.54, 1.807) is 7.11 Å². The number of carbonyl (C=O) groups is 1. The fraction of sp³-hybridized carbons (Fsp3) is 0.929. The summed E-state index contributed by atoms with van der Waals surface area (Å²) >= 11 is 0. The molecule has 106 valence electrons. The maximum atomic E-state index is 11.7. The Balaban J connectivity index is 2.87. The van der Waals surface area contributed by atoms with Crippen LogP contribution < -0.4 is 0 Å². The van der Waals surface area contributed by atoms with E-state index in [0.29, 0.717) is 6.42 Å². The van der Waals surface area contributed by atoms with Crippen LogP contribution in [0.25, 0.3) is 0 Å². The fourth-order valence-electron chi connectivity index (χ4n) is 2.79. The molecule has 1 unspecified atom stereocenters. The number of carboxylic acids is 1. The molecule has 0 aromatic rings. The Morgan fingerprint density at radius 1 is 1.17 bits per heavy atom. The van der Waals surface area contributed by atoms with E-state index in [1.165, 1.54) is 12.8 Å². The van der Waals surface area contributed by atoms with Crippen LogP contribution in [0.15, 0.2) is 0 Å². The van der Waals surface area contributed by atoms with Crippen molar-refractivity contribution in [3.05, 3.63) is 0 Å². The molecular weight excluding hydrogens is 230 g/mol.